The molecule has 0 aliphatic carbocycles. The highest BCUT2D eigenvalue weighted by atomic mass is 35.5. The number of halogens is 1. The largest absolute Gasteiger partial charge is 0.337 e. The number of hydrogen-bond acceptors (Lipinski definition) is 2. The first-order chi connectivity index (χ1) is 8.74. The summed E-state index contributed by atoms with van der Waals surface area (Å²) in [5.74, 6) is 0.277. The Hall–Kier alpha value is -1.61. The van der Waals surface area contributed by atoms with Gasteiger partial charge in [-0.15, -0.1) is 0 Å². The van der Waals surface area contributed by atoms with Crippen LogP contribution >= 0.6 is 11.6 Å². The van der Waals surface area contributed by atoms with Gasteiger partial charge in [0, 0.05) is 36.8 Å². The van der Waals surface area contributed by atoms with Gasteiger partial charge in [0.05, 0.1) is 6.33 Å². The number of hydrogen-bond donors (Lipinski definition) is 0. The minimum atomic E-state index is 0.277. The molecule has 0 unspecified atom stereocenters. The van der Waals surface area contributed by atoms with Crippen LogP contribution in [0.2, 0.25) is 5.02 Å². The molecule has 2 rings (SSSR count). The van der Waals surface area contributed by atoms with Crippen LogP contribution in [-0.2, 0) is 17.8 Å². The first kappa shape index (κ1) is 12.8. The number of imidazole rings is 1. The molecular weight excluding hydrogens is 248 g/mol. The van der Waals surface area contributed by atoms with Gasteiger partial charge < -0.3 is 4.57 Å². The average molecular weight is 263 g/mol. The van der Waals surface area contributed by atoms with E-state index in [9.17, 15) is 4.79 Å². The average Bonchev–Trinajstić information content (AvgIpc) is 2.89. The third kappa shape index (κ3) is 4.00. The van der Waals surface area contributed by atoms with Crippen molar-refractivity contribution < 1.29 is 4.79 Å². The molecule has 1 aromatic carbocycles. The van der Waals surface area contributed by atoms with E-state index in [4.69, 9.17) is 11.6 Å². The maximum Gasteiger partial charge on any atom is 0.135 e. The smallest absolute Gasteiger partial charge is 0.135 e. The summed E-state index contributed by atoms with van der Waals surface area (Å²) >= 11 is 5.81. The van der Waals surface area contributed by atoms with Crippen LogP contribution in [0.15, 0.2) is 43.0 Å². The Bertz CT molecular complexity index is 491. The summed E-state index contributed by atoms with van der Waals surface area (Å²) in [6, 6.07) is 7.64. The van der Waals surface area contributed by atoms with E-state index in [-0.39, 0.29) is 5.78 Å². The highest BCUT2D eigenvalue weighted by Gasteiger charge is 2.03. The molecular formula is C14H15ClN2O. The van der Waals surface area contributed by atoms with Gasteiger partial charge in [-0.25, -0.2) is 4.98 Å². The maximum absolute atomic E-state index is 11.7. The quantitative estimate of drug-likeness (QED) is 0.802. The van der Waals surface area contributed by atoms with Crippen LogP contribution in [0.4, 0.5) is 0 Å². The molecule has 0 spiro atoms. The van der Waals surface area contributed by atoms with E-state index in [2.05, 4.69) is 4.98 Å². The van der Waals surface area contributed by atoms with E-state index >= 15 is 0 Å². The molecule has 94 valence electrons. The van der Waals surface area contributed by atoms with Crippen LogP contribution in [0.3, 0.4) is 0 Å². The number of ketones is 1. The lowest BCUT2D eigenvalue weighted by atomic mass is 10.1. The van der Waals surface area contributed by atoms with E-state index in [1.54, 1.807) is 12.5 Å². The minimum Gasteiger partial charge on any atom is -0.337 e. The lowest BCUT2D eigenvalue weighted by Crippen LogP contribution is -2.05. The second-order valence-electron chi connectivity index (χ2n) is 4.22. The molecule has 1 aromatic heterocycles. The highest BCUT2D eigenvalue weighted by molar-refractivity contribution is 6.30. The predicted octanol–water partition coefficient (Wildman–Crippen LogP) is 3.13. The normalized spacial score (nSPS) is 10.5. The number of benzene rings is 1. The summed E-state index contributed by atoms with van der Waals surface area (Å²) in [4.78, 5) is 15.7. The molecule has 0 aliphatic heterocycles. The predicted molar refractivity (Wildman–Crippen MR) is 71.6 cm³/mol. The Morgan fingerprint density at radius 1 is 1.22 bits per heavy atom. The number of nitrogens with zero attached hydrogens (tertiary/aromatic N) is 2. The van der Waals surface area contributed by atoms with Crippen LogP contribution in [-0.4, -0.2) is 15.3 Å². The summed E-state index contributed by atoms with van der Waals surface area (Å²) in [5, 5.41) is 0.727. The molecule has 0 fully saturated rings. The summed E-state index contributed by atoms with van der Waals surface area (Å²) < 4.78 is 1.92. The first-order valence-electron chi connectivity index (χ1n) is 5.96. The topological polar surface area (TPSA) is 34.9 Å². The highest BCUT2D eigenvalue weighted by Crippen LogP contribution is 2.11. The zero-order valence-electron chi connectivity index (χ0n) is 10.1. The van der Waals surface area contributed by atoms with Crippen molar-refractivity contribution in [2.24, 2.45) is 0 Å². The number of Topliss-reactive ketones (excluding diaryl/α,β-unsaturated/α-hetero) is 1. The number of carbonyl (C=O) groups excluding carboxylic acids is 1. The molecule has 1 heterocycles. The molecule has 0 atom stereocenters. The van der Waals surface area contributed by atoms with Crippen molar-refractivity contribution in [1.29, 1.82) is 0 Å². The Morgan fingerprint density at radius 2 is 2.00 bits per heavy atom. The third-order valence-electron chi connectivity index (χ3n) is 2.81. The molecule has 0 aliphatic rings. The van der Waals surface area contributed by atoms with Crippen molar-refractivity contribution >= 4 is 17.4 Å². The maximum atomic E-state index is 11.7. The Kier molecular flexibility index (Phi) is 4.53. The fourth-order valence-electron chi connectivity index (χ4n) is 1.73. The number of aromatic nitrogens is 2. The second-order valence-corrected chi connectivity index (χ2v) is 4.65. The van der Waals surface area contributed by atoms with Crippen LogP contribution in [0.25, 0.3) is 0 Å². The fraction of sp³-hybridized carbons (Fsp3) is 0.286. The molecule has 4 heteroatoms. The standard InChI is InChI=1S/C14H15ClN2O/c15-13-4-1-12(2-5-13)3-6-14(18)7-9-17-10-8-16-11-17/h1-2,4-5,8,10-11H,3,6-7,9H2. The number of aryl methyl sites for hydroxylation is 2. The molecule has 0 bridgehead atoms. The SMILES string of the molecule is O=C(CCc1ccc(Cl)cc1)CCn1ccnc1. The van der Waals surface area contributed by atoms with Gasteiger partial charge in [0.25, 0.3) is 0 Å². The van der Waals surface area contributed by atoms with Gasteiger partial charge in [0.1, 0.15) is 5.78 Å². The molecule has 0 saturated heterocycles. The van der Waals surface area contributed by atoms with Crippen molar-refractivity contribution in [3.8, 4) is 0 Å². The van der Waals surface area contributed by atoms with E-state index in [1.165, 1.54) is 0 Å². The Labute approximate surface area is 111 Å². The summed E-state index contributed by atoms with van der Waals surface area (Å²) in [6.07, 6.45) is 7.23. The zero-order chi connectivity index (χ0) is 12.8. The molecule has 0 saturated carbocycles. The third-order valence-corrected chi connectivity index (χ3v) is 3.07. The van der Waals surface area contributed by atoms with Gasteiger partial charge >= 0.3 is 0 Å². The van der Waals surface area contributed by atoms with Crippen molar-refractivity contribution in [1.82, 2.24) is 9.55 Å². The molecule has 0 N–H and O–H groups in total. The molecule has 18 heavy (non-hydrogen) atoms. The lowest BCUT2D eigenvalue weighted by Gasteiger charge is -2.03. The molecule has 3 nitrogen and oxygen atoms in total. The zero-order valence-corrected chi connectivity index (χ0v) is 10.8. The lowest BCUT2D eigenvalue weighted by molar-refractivity contribution is -0.119. The van der Waals surface area contributed by atoms with Gasteiger partial charge in [-0.1, -0.05) is 23.7 Å². The Morgan fingerprint density at radius 3 is 2.67 bits per heavy atom. The summed E-state index contributed by atoms with van der Waals surface area (Å²) in [7, 11) is 0. The summed E-state index contributed by atoms with van der Waals surface area (Å²) in [5.41, 5.74) is 1.15. The van der Waals surface area contributed by atoms with E-state index in [1.807, 2.05) is 35.0 Å². The van der Waals surface area contributed by atoms with Gasteiger partial charge in [0.2, 0.25) is 0 Å². The van der Waals surface area contributed by atoms with Crippen LogP contribution in [0.5, 0.6) is 0 Å². The second kappa shape index (κ2) is 6.36. The Balaban J connectivity index is 1.73. The van der Waals surface area contributed by atoms with Gasteiger partial charge in [-0.05, 0) is 24.1 Å². The van der Waals surface area contributed by atoms with Gasteiger partial charge in [-0.3, -0.25) is 4.79 Å². The minimum absolute atomic E-state index is 0.277. The van der Waals surface area contributed by atoms with E-state index in [0.29, 0.717) is 19.4 Å². The van der Waals surface area contributed by atoms with Crippen LogP contribution < -0.4 is 0 Å². The van der Waals surface area contributed by atoms with E-state index < -0.39 is 0 Å². The van der Waals surface area contributed by atoms with Crippen molar-refractivity contribution in [2.75, 3.05) is 0 Å². The van der Waals surface area contributed by atoms with Crippen molar-refractivity contribution in [3.63, 3.8) is 0 Å². The van der Waals surface area contributed by atoms with Crippen molar-refractivity contribution in [2.45, 2.75) is 25.8 Å². The van der Waals surface area contributed by atoms with Crippen LogP contribution in [0, 0.1) is 0 Å². The molecule has 0 radical (unpaired) electrons. The molecule has 2 aromatic rings. The van der Waals surface area contributed by atoms with E-state index in [0.717, 1.165) is 17.0 Å². The van der Waals surface area contributed by atoms with Gasteiger partial charge in [0.15, 0.2) is 0 Å². The van der Waals surface area contributed by atoms with Crippen LogP contribution in [0.1, 0.15) is 18.4 Å². The van der Waals surface area contributed by atoms with Crippen molar-refractivity contribution in [3.05, 3.63) is 53.6 Å². The number of carbonyl (C=O) groups is 1. The van der Waals surface area contributed by atoms with Gasteiger partial charge in [-0.2, -0.15) is 0 Å². The fourth-order valence-corrected chi connectivity index (χ4v) is 1.86. The monoisotopic (exact) mass is 262 g/mol. The first-order valence-corrected chi connectivity index (χ1v) is 6.34. The number of rotatable bonds is 6. The summed E-state index contributed by atoms with van der Waals surface area (Å²) in [6.45, 7) is 0.708. The molecule has 0 amide bonds.